The van der Waals surface area contributed by atoms with Crippen LogP contribution < -0.4 is 0 Å². The summed E-state index contributed by atoms with van der Waals surface area (Å²) in [6.07, 6.45) is 119. The number of aliphatic hydroxyl groups excluding tert-OH is 2. The first kappa shape index (κ1) is 111. The molecule has 0 aliphatic carbocycles. The van der Waals surface area contributed by atoms with Gasteiger partial charge in [-0.15, -0.1) is 0 Å². The van der Waals surface area contributed by atoms with E-state index in [-0.39, 0.29) is 19.3 Å². The minimum Gasteiger partial charge on any atom is -0.463 e. The lowest BCUT2D eigenvalue weighted by atomic mass is 10.0. The van der Waals surface area contributed by atoms with Gasteiger partial charge in [0.2, 0.25) is 0 Å². The summed E-state index contributed by atoms with van der Waals surface area (Å²) in [5, 5.41) is 20.7. The van der Waals surface area contributed by atoms with Gasteiger partial charge in [-0.2, -0.15) is 0 Å². The van der Waals surface area contributed by atoms with Gasteiger partial charge in [-0.05, 0) is 167 Å². The van der Waals surface area contributed by atoms with E-state index in [1.165, 1.54) is 122 Å². The number of aliphatic hydroxyl groups is 2. The highest BCUT2D eigenvalue weighted by Crippen LogP contribution is 2.45. The lowest BCUT2D eigenvalue weighted by Gasteiger charge is -2.21. The van der Waals surface area contributed by atoms with Crippen molar-refractivity contribution in [2.75, 3.05) is 39.6 Å². The number of allylic oxidation sites excluding steroid dienone is 32. The molecule has 0 aliphatic rings. The molecule has 0 bridgehead atoms. The Balaban J connectivity index is 4.62. The van der Waals surface area contributed by atoms with Crippen LogP contribution in [0.5, 0.6) is 0 Å². The molecule has 4 N–H and O–H groups in total. The standard InChI is InChI=1S/C99H164O16P2/c1-4-7-10-13-16-19-22-25-28-31-34-37-39-41-43-44-45-46-47-48-50-52-53-56-58-61-64-67-70-73-76-79-82-85-97(102)109-88-94(100)89-111-116(105,106)112-90-95(101)91-113-117(107,108)114-93-96(115-99(104)87-84-81-78-75-72-69-66-63-60-55-36-33-30-27-24-21-18-15-12-9-6-3)92-110-98(103)86-83-80-77-74-71-68-65-62-59-57-54-51-49-42-40-38-35-32-29-26-23-20-17-14-11-8-5-2/h8-9,11-12,16-21,25-30,34-38,41-43,49,54-55,57,63,66,72,75,94-96,100-101H,4-7,10,13-15,22-24,31-33,39-40,44-48,50-53,56,58-62,64-65,67-71,73-74,76-93H2,1-3H3,(H,105,106)(H,107,108)/b11-8-,12-9-,19-16-,20-17-,21-18-,28-25-,29-26-,30-27-,37-34-,38-35-,43-41-,49-42-,55-36-,57-54-,66-63-,75-72-. The molecule has 0 rings (SSSR count). The minimum absolute atomic E-state index is 0.0402. The monoisotopic (exact) mass is 1670 g/mol. The average Bonchev–Trinajstić information content (AvgIpc) is 0.894. The lowest BCUT2D eigenvalue weighted by molar-refractivity contribution is -0.161. The normalized spacial score (nSPS) is 14.7. The van der Waals surface area contributed by atoms with Crippen molar-refractivity contribution in [1.82, 2.24) is 0 Å². The molecule has 0 aromatic rings. The van der Waals surface area contributed by atoms with Gasteiger partial charge in [-0.1, -0.05) is 363 Å². The van der Waals surface area contributed by atoms with E-state index < -0.39 is 91.5 Å². The number of ether oxygens (including phenoxy) is 3. The van der Waals surface area contributed by atoms with Crippen LogP contribution in [0.4, 0.5) is 0 Å². The molecule has 0 saturated carbocycles. The average molecular weight is 1670 g/mol. The van der Waals surface area contributed by atoms with Gasteiger partial charge in [-0.3, -0.25) is 32.5 Å². The second-order valence-corrected chi connectivity index (χ2v) is 32.9. The van der Waals surface area contributed by atoms with Gasteiger partial charge in [0.25, 0.3) is 0 Å². The number of rotatable bonds is 85. The molecule has 0 aromatic heterocycles. The van der Waals surface area contributed by atoms with Crippen molar-refractivity contribution in [1.29, 1.82) is 0 Å². The molecule has 0 aliphatic heterocycles. The van der Waals surface area contributed by atoms with Crippen molar-refractivity contribution < 1.29 is 75.8 Å². The molecule has 0 spiro atoms. The summed E-state index contributed by atoms with van der Waals surface area (Å²) < 4.78 is 61.4. The van der Waals surface area contributed by atoms with Crippen molar-refractivity contribution in [3.8, 4) is 0 Å². The highest BCUT2D eigenvalue weighted by Gasteiger charge is 2.29. The number of unbranched alkanes of at least 4 members (excludes halogenated alkanes) is 30. The molecule has 5 unspecified atom stereocenters. The van der Waals surface area contributed by atoms with Crippen molar-refractivity contribution in [2.45, 2.75) is 373 Å². The maximum atomic E-state index is 13.0. The smallest absolute Gasteiger partial charge is 0.463 e. The lowest BCUT2D eigenvalue weighted by Crippen LogP contribution is -2.30. The van der Waals surface area contributed by atoms with Crippen LogP contribution in [0.15, 0.2) is 194 Å². The molecule has 0 radical (unpaired) electrons. The summed E-state index contributed by atoms with van der Waals surface area (Å²) in [7, 11) is -9.84. The van der Waals surface area contributed by atoms with Gasteiger partial charge in [0, 0.05) is 19.3 Å². The Morgan fingerprint density at radius 1 is 0.248 bits per heavy atom. The van der Waals surface area contributed by atoms with E-state index >= 15 is 0 Å². The van der Waals surface area contributed by atoms with E-state index in [2.05, 4.69) is 215 Å². The first-order chi connectivity index (χ1) is 57.2. The minimum atomic E-state index is -4.96. The fraction of sp³-hybridized carbons (Fsp3) is 0.646. The van der Waals surface area contributed by atoms with E-state index in [9.17, 15) is 43.5 Å². The molecule has 16 nitrogen and oxygen atoms in total. The number of hydrogen-bond donors (Lipinski definition) is 4. The van der Waals surface area contributed by atoms with Crippen molar-refractivity contribution >= 4 is 33.6 Å². The third kappa shape index (κ3) is 91.0. The number of phosphoric acid groups is 2. The quantitative estimate of drug-likeness (QED) is 0.0146. The van der Waals surface area contributed by atoms with E-state index in [0.717, 1.165) is 167 Å². The molecular weight excluding hydrogens is 1510 g/mol. The topological polar surface area (TPSA) is 231 Å². The van der Waals surface area contributed by atoms with Crippen LogP contribution in [-0.2, 0) is 55.8 Å². The zero-order valence-corrected chi connectivity index (χ0v) is 75.1. The maximum absolute atomic E-state index is 13.0. The summed E-state index contributed by atoms with van der Waals surface area (Å²) in [6, 6.07) is 0. The van der Waals surface area contributed by atoms with Gasteiger partial charge in [-0.25, -0.2) is 9.13 Å². The van der Waals surface area contributed by atoms with Gasteiger partial charge >= 0.3 is 33.6 Å². The zero-order valence-electron chi connectivity index (χ0n) is 73.3. The predicted molar refractivity (Wildman–Crippen MR) is 491 cm³/mol. The summed E-state index contributed by atoms with van der Waals surface area (Å²) in [5.74, 6) is -1.64. The maximum Gasteiger partial charge on any atom is 0.472 e. The Labute approximate surface area is 712 Å². The number of phosphoric ester groups is 2. The van der Waals surface area contributed by atoms with Gasteiger partial charge in [0.1, 0.15) is 25.4 Å². The molecule has 0 amide bonds. The Kier molecular flexibility index (Phi) is 85.3. The third-order valence-electron chi connectivity index (χ3n) is 18.8. The number of carbonyl (C=O) groups is 3. The predicted octanol–water partition coefficient (Wildman–Crippen LogP) is 28.2. The van der Waals surface area contributed by atoms with Crippen LogP contribution in [0, 0.1) is 0 Å². The van der Waals surface area contributed by atoms with Crippen molar-refractivity contribution in [3.63, 3.8) is 0 Å². The first-order valence-corrected chi connectivity index (χ1v) is 48.7. The van der Waals surface area contributed by atoms with Crippen LogP contribution in [0.1, 0.15) is 355 Å². The summed E-state index contributed by atoms with van der Waals surface area (Å²) in [5.41, 5.74) is 0. The van der Waals surface area contributed by atoms with Gasteiger partial charge in [0.15, 0.2) is 6.10 Å². The molecule has 0 saturated heterocycles. The number of hydrogen-bond acceptors (Lipinski definition) is 14. The number of carbonyl (C=O) groups excluding carboxylic acids is 3. The first-order valence-electron chi connectivity index (χ1n) is 45.7. The Morgan fingerprint density at radius 2 is 0.453 bits per heavy atom. The van der Waals surface area contributed by atoms with Crippen molar-refractivity contribution in [2.24, 2.45) is 0 Å². The van der Waals surface area contributed by atoms with E-state index in [0.29, 0.717) is 25.7 Å². The van der Waals surface area contributed by atoms with E-state index in [4.69, 9.17) is 32.3 Å². The highest BCUT2D eigenvalue weighted by atomic mass is 31.2. The Hall–Kier alpha value is -5.61. The van der Waals surface area contributed by atoms with Crippen LogP contribution in [0.3, 0.4) is 0 Å². The zero-order chi connectivity index (χ0) is 85.1. The summed E-state index contributed by atoms with van der Waals surface area (Å²) >= 11 is 0. The highest BCUT2D eigenvalue weighted by molar-refractivity contribution is 7.47. The fourth-order valence-corrected chi connectivity index (χ4v) is 13.5. The van der Waals surface area contributed by atoms with Crippen LogP contribution in [-0.4, -0.2) is 95.9 Å². The molecule has 0 fully saturated rings. The summed E-state index contributed by atoms with van der Waals surface area (Å²) in [6.45, 7) is 2.38. The largest absolute Gasteiger partial charge is 0.472 e. The van der Waals surface area contributed by atoms with Gasteiger partial charge < -0.3 is 34.2 Å². The number of esters is 3. The molecule has 18 heteroatoms. The fourth-order valence-electron chi connectivity index (χ4n) is 11.9. The Bertz CT molecular complexity index is 2910. The third-order valence-corrected chi connectivity index (χ3v) is 20.7. The molecule has 0 aromatic carbocycles. The second kappa shape index (κ2) is 89.6. The molecule has 0 heterocycles. The van der Waals surface area contributed by atoms with E-state index in [1.807, 2.05) is 0 Å². The Morgan fingerprint density at radius 3 is 0.735 bits per heavy atom. The van der Waals surface area contributed by atoms with Gasteiger partial charge in [0.05, 0.1) is 26.4 Å². The molecular formula is C99H164O16P2. The molecule has 5 atom stereocenters. The molecule has 117 heavy (non-hydrogen) atoms. The van der Waals surface area contributed by atoms with E-state index in [1.54, 1.807) is 0 Å². The van der Waals surface area contributed by atoms with Crippen molar-refractivity contribution in [3.05, 3.63) is 194 Å². The van der Waals surface area contributed by atoms with Crippen LogP contribution in [0.2, 0.25) is 0 Å². The second-order valence-electron chi connectivity index (χ2n) is 30.0. The SMILES string of the molecule is CC/C=C\C/C=C\C/C=C\C/C=C\C/C=C\C/C=C\CCCCCCCCCCC(=O)OCC(COP(=O)(O)OCC(O)COP(=O)(O)OCC(O)COC(=O)CCCCCCCCCCCCCCCCCCC/C=C\C/C=C\C/C=C\C/C=C\CCCCC)OC(=O)CCCC/C=C\C/C=C\C/C=C\C/C=C\C/C=C\C/C=C\CC. The van der Waals surface area contributed by atoms with Crippen LogP contribution in [0.25, 0.3) is 0 Å². The molecule has 666 valence electrons. The van der Waals surface area contributed by atoms with Crippen LogP contribution >= 0.6 is 15.6 Å². The summed E-state index contributed by atoms with van der Waals surface area (Å²) in [4.78, 5) is 59.0.